The molecule has 2 heteroatoms. The highest BCUT2D eigenvalue weighted by molar-refractivity contribution is 5.86. The maximum atomic E-state index is 6.02. The van der Waals surface area contributed by atoms with E-state index in [2.05, 4.69) is 24.3 Å². The fourth-order valence-electron chi connectivity index (χ4n) is 2.32. The van der Waals surface area contributed by atoms with Crippen molar-refractivity contribution in [2.45, 2.75) is 26.2 Å². The molecular weight excluding hydrogens is 248 g/mol. The summed E-state index contributed by atoms with van der Waals surface area (Å²) in [4.78, 5) is 0. The van der Waals surface area contributed by atoms with Gasteiger partial charge in [0, 0.05) is 11.1 Å². The van der Waals surface area contributed by atoms with Gasteiger partial charge in [-0.25, -0.2) is 0 Å². The number of fused-ring (bicyclic) bond motifs is 1. The lowest BCUT2D eigenvalue weighted by Crippen LogP contribution is -2.28. The Labute approximate surface area is 119 Å². The van der Waals surface area contributed by atoms with Crippen LogP contribution in [0.2, 0.25) is 0 Å². The molecule has 3 rings (SSSR count). The quantitative estimate of drug-likeness (QED) is 0.821. The van der Waals surface area contributed by atoms with E-state index in [0.29, 0.717) is 0 Å². The van der Waals surface area contributed by atoms with Gasteiger partial charge in [-0.05, 0) is 31.6 Å². The number of hydrogen-bond acceptors (Lipinski definition) is 2. The molecule has 0 N–H and O–H groups in total. The van der Waals surface area contributed by atoms with Gasteiger partial charge in [0.15, 0.2) is 0 Å². The summed E-state index contributed by atoms with van der Waals surface area (Å²) in [5.41, 5.74) is 3.29. The fourth-order valence-corrected chi connectivity index (χ4v) is 2.32. The van der Waals surface area contributed by atoms with Gasteiger partial charge in [-0.1, -0.05) is 48.5 Å². The Hall–Kier alpha value is -2.06. The smallest absolute Gasteiger partial charge is 0.227 e. The zero-order valence-corrected chi connectivity index (χ0v) is 11.7. The Morgan fingerprint density at radius 1 is 0.950 bits per heavy atom. The SMILES string of the molecule is CC(C)OC1Oc2ccccc2C=C1c1ccccc1. The summed E-state index contributed by atoms with van der Waals surface area (Å²) in [6, 6.07) is 18.3. The Balaban J connectivity index is 2.04. The van der Waals surface area contributed by atoms with E-state index in [1.807, 2.05) is 50.2 Å². The second-order valence-electron chi connectivity index (χ2n) is 5.14. The lowest BCUT2D eigenvalue weighted by molar-refractivity contribution is -0.0702. The number of rotatable bonds is 3. The van der Waals surface area contributed by atoms with Crippen molar-refractivity contribution in [1.82, 2.24) is 0 Å². The van der Waals surface area contributed by atoms with Crippen LogP contribution in [0, 0.1) is 0 Å². The van der Waals surface area contributed by atoms with Crippen molar-refractivity contribution in [3.8, 4) is 5.75 Å². The minimum absolute atomic E-state index is 0.109. The van der Waals surface area contributed by atoms with Crippen LogP contribution in [0.4, 0.5) is 0 Å². The molecule has 20 heavy (non-hydrogen) atoms. The molecule has 1 aliphatic rings. The van der Waals surface area contributed by atoms with Crippen molar-refractivity contribution in [1.29, 1.82) is 0 Å². The standard InChI is InChI=1S/C18H18O2/c1-13(2)19-18-16(14-8-4-3-5-9-14)12-15-10-6-7-11-17(15)20-18/h3-13,18H,1-2H3. The highest BCUT2D eigenvalue weighted by atomic mass is 16.7. The van der Waals surface area contributed by atoms with Gasteiger partial charge in [-0.2, -0.15) is 0 Å². The lowest BCUT2D eigenvalue weighted by Gasteiger charge is -2.28. The first kappa shape index (κ1) is 12.9. The van der Waals surface area contributed by atoms with Gasteiger partial charge >= 0.3 is 0 Å². The summed E-state index contributed by atoms with van der Waals surface area (Å²) in [6.45, 7) is 4.04. The Bertz CT molecular complexity index is 614. The van der Waals surface area contributed by atoms with Crippen molar-refractivity contribution in [3.63, 3.8) is 0 Å². The maximum absolute atomic E-state index is 6.02. The fraction of sp³-hybridized carbons (Fsp3) is 0.222. The summed E-state index contributed by atoms with van der Waals surface area (Å²) in [5.74, 6) is 0.873. The molecule has 2 aromatic rings. The van der Waals surface area contributed by atoms with Gasteiger partial charge in [-0.15, -0.1) is 0 Å². The Morgan fingerprint density at radius 3 is 2.40 bits per heavy atom. The third-order valence-electron chi connectivity index (χ3n) is 3.22. The van der Waals surface area contributed by atoms with Gasteiger partial charge < -0.3 is 9.47 Å². The maximum Gasteiger partial charge on any atom is 0.227 e. The second-order valence-corrected chi connectivity index (χ2v) is 5.14. The normalized spacial score (nSPS) is 17.4. The predicted molar refractivity (Wildman–Crippen MR) is 81.4 cm³/mol. The Morgan fingerprint density at radius 2 is 1.65 bits per heavy atom. The summed E-state index contributed by atoms with van der Waals surface area (Å²) in [7, 11) is 0. The molecule has 2 nitrogen and oxygen atoms in total. The van der Waals surface area contributed by atoms with Gasteiger partial charge in [0.25, 0.3) is 0 Å². The number of benzene rings is 2. The topological polar surface area (TPSA) is 18.5 Å². The van der Waals surface area contributed by atoms with Crippen molar-refractivity contribution < 1.29 is 9.47 Å². The number of hydrogen-bond donors (Lipinski definition) is 0. The van der Waals surface area contributed by atoms with E-state index < -0.39 is 0 Å². The average molecular weight is 266 g/mol. The molecule has 0 radical (unpaired) electrons. The van der Waals surface area contributed by atoms with Crippen LogP contribution >= 0.6 is 0 Å². The van der Waals surface area contributed by atoms with Gasteiger partial charge in [0.05, 0.1) is 6.10 Å². The largest absolute Gasteiger partial charge is 0.460 e. The molecule has 0 spiro atoms. The monoisotopic (exact) mass is 266 g/mol. The van der Waals surface area contributed by atoms with E-state index in [0.717, 1.165) is 22.4 Å². The highest BCUT2D eigenvalue weighted by Crippen LogP contribution is 2.35. The molecule has 2 aromatic carbocycles. The predicted octanol–water partition coefficient (Wildman–Crippen LogP) is 4.37. The molecule has 0 aromatic heterocycles. The molecule has 0 saturated heterocycles. The van der Waals surface area contributed by atoms with Gasteiger partial charge in [0.1, 0.15) is 5.75 Å². The van der Waals surface area contributed by atoms with Crippen LogP contribution in [0.1, 0.15) is 25.0 Å². The van der Waals surface area contributed by atoms with Crippen LogP contribution in [0.5, 0.6) is 5.75 Å². The van der Waals surface area contributed by atoms with Crippen LogP contribution in [-0.2, 0) is 4.74 Å². The van der Waals surface area contributed by atoms with E-state index in [9.17, 15) is 0 Å². The van der Waals surface area contributed by atoms with E-state index in [4.69, 9.17) is 9.47 Å². The summed E-state index contributed by atoms with van der Waals surface area (Å²) < 4.78 is 11.9. The molecular formula is C18H18O2. The Kier molecular flexibility index (Phi) is 3.57. The van der Waals surface area contributed by atoms with Crippen molar-refractivity contribution in [2.75, 3.05) is 0 Å². The molecule has 0 aliphatic carbocycles. The molecule has 1 unspecified atom stereocenters. The molecule has 0 bridgehead atoms. The summed E-state index contributed by atoms with van der Waals surface area (Å²) >= 11 is 0. The van der Waals surface area contributed by atoms with Crippen molar-refractivity contribution in [2.24, 2.45) is 0 Å². The molecule has 1 atom stereocenters. The van der Waals surface area contributed by atoms with Gasteiger partial charge in [-0.3, -0.25) is 0 Å². The average Bonchev–Trinajstić information content (AvgIpc) is 2.47. The van der Waals surface area contributed by atoms with Crippen LogP contribution in [-0.4, -0.2) is 12.4 Å². The molecule has 0 fully saturated rings. The zero-order chi connectivity index (χ0) is 13.9. The minimum atomic E-state index is -0.354. The molecule has 1 aliphatic heterocycles. The van der Waals surface area contributed by atoms with Crippen LogP contribution in [0.3, 0.4) is 0 Å². The number of para-hydroxylation sites is 1. The van der Waals surface area contributed by atoms with Crippen molar-refractivity contribution in [3.05, 3.63) is 65.7 Å². The van der Waals surface area contributed by atoms with E-state index in [1.54, 1.807) is 0 Å². The first-order chi connectivity index (χ1) is 9.74. The van der Waals surface area contributed by atoms with E-state index >= 15 is 0 Å². The molecule has 0 amide bonds. The molecule has 102 valence electrons. The van der Waals surface area contributed by atoms with Crippen LogP contribution in [0.15, 0.2) is 54.6 Å². The molecule has 0 saturated carbocycles. The van der Waals surface area contributed by atoms with E-state index in [-0.39, 0.29) is 12.4 Å². The first-order valence-corrected chi connectivity index (χ1v) is 6.92. The summed E-state index contributed by atoms with van der Waals surface area (Å²) in [5, 5.41) is 0. The first-order valence-electron chi connectivity index (χ1n) is 6.92. The summed E-state index contributed by atoms with van der Waals surface area (Å²) in [6.07, 6.45) is 1.91. The van der Waals surface area contributed by atoms with Gasteiger partial charge in [0.2, 0.25) is 6.29 Å². The third-order valence-corrected chi connectivity index (χ3v) is 3.22. The minimum Gasteiger partial charge on any atom is -0.460 e. The number of ether oxygens (including phenoxy) is 2. The lowest BCUT2D eigenvalue weighted by atomic mass is 9.99. The molecule has 1 heterocycles. The van der Waals surface area contributed by atoms with Crippen molar-refractivity contribution >= 4 is 11.6 Å². The second kappa shape index (κ2) is 5.51. The highest BCUT2D eigenvalue weighted by Gasteiger charge is 2.25. The zero-order valence-electron chi connectivity index (χ0n) is 11.7. The van der Waals surface area contributed by atoms with E-state index in [1.165, 1.54) is 0 Å². The van der Waals surface area contributed by atoms with Crippen LogP contribution < -0.4 is 4.74 Å². The third kappa shape index (κ3) is 2.61. The van der Waals surface area contributed by atoms with Crippen LogP contribution in [0.25, 0.3) is 11.6 Å².